The predicted molar refractivity (Wildman–Crippen MR) is 68.9 cm³/mol. The topological polar surface area (TPSA) is 46.2 Å². The Morgan fingerprint density at radius 2 is 2.12 bits per heavy atom. The molecule has 0 bridgehead atoms. The van der Waals surface area contributed by atoms with Crippen molar-refractivity contribution in [1.29, 1.82) is 0 Å². The molecular formula is C13H19NO2S. The van der Waals surface area contributed by atoms with Crippen LogP contribution in [0.4, 0.5) is 0 Å². The molecule has 0 aliphatic carbocycles. The summed E-state index contributed by atoms with van der Waals surface area (Å²) in [6.45, 7) is 2.99. The van der Waals surface area contributed by atoms with Gasteiger partial charge in [0.1, 0.15) is 0 Å². The van der Waals surface area contributed by atoms with E-state index in [0.717, 1.165) is 18.5 Å². The molecular weight excluding hydrogens is 234 g/mol. The normalized spacial score (nSPS) is 23.3. The molecule has 1 N–H and O–H groups in total. The highest BCUT2D eigenvalue weighted by Gasteiger charge is 2.37. The second-order valence-corrected chi connectivity index (χ2v) is 6.65. The summed E-state index contributed by atoms with van der Waals surface area (Å²) in [5.41, 5.74) is 1.01. The van der Waals surface area contributed by atoms with E-state index < -0.39 is 9.84 Å². The summed E-state index contributed by atoms with van der Waals surface area (Å²) in [5.74, 6) is 0.805. The van der Waals surface area contributed by atoms with Crippen LogP contribution in [0.15, 0.2) is 29.2 Å². The Bertz CT molecular complexity index is 496. The molecule has 3 nitrogen and oxygen atoms in total. The molecule has 0 amide bonds. The standard InChI is InChI=1S/C13H19NO2S/c1-3-10(8-14-2)12-9-17(15,16)13-7-5-4-6-11(12)13/h4-7,10,12,14H,3,8-9H2,1-2H3. The number of benzene rings is 1. The fourth-order valence-corrected chi connectivity index (χ4v) is 4.68. The molecule has 1 aliphatic rings. The number of fused-ring (bicyclic) bond motifs is 1. The second kappa shape index (κ2) is 4.78. The van der Waals surface area contributed by atoms with Gasteiger partial charge in [0, 0.05) is 5.92 Å². The number of sulfone groups is 1. The Labute approximate surface area is 103 Å². The number of nitrogens with one attached hydrogen (secondary N) is 1. The smallest absolute Gasteiger partial charge is 0.179 e. The molecule has 1 aromatic carbocycles. The van der Waals surface area contributed by atoms with Crippen molar-refractivity contribution in [3.05, 3.63) is 29.8 Å². The van der Waals surface area contributed by atoms with Crippen LogP contribution in [0.3, 0.4) is 0 Å². The van der Waals surface area contributed by atoms with Crippen molar-refractivity contribution >= 4 is 9.84 Å². The van der Waals surface area contributed by atoms with E-state index in [9.17, 15) is 8.42 Å². The van der Waals surface area contributed by atoms with Gasteiger partial charge in [0.05, 0.1) is 10.6 Å². The van der Waals surface area contributed by atoms with Crippen LogP contribution in [0.25, 0.3) is 0 Å². The third-order valence-electron chi connectivity index (χ3n) is 3.61. The van der Waals surface area contributed by atoms with Gasteiger partial charge >= 0.3 is 0 Å². The van der Waals surface area contributed by atoms with E-state index in [1.165, 1.54) is 0 Å². The summed E-state index contributed by atoms with van der Waals surface area (Å²) in [6, 6.07) is 7.43. The summed E-state index contributed by atoms with van der Waals surface area (Å²) in [4.78, 5) is 0.541. The quantitative estimate of drug-likeness (QED) is 0.890. The van der Waals surface area contributed by atoms with Gasteiger partial charge in [-0.15, -0.1) is 0 Å². The molecule has 1 aliphatic heterocycles. The van der Waals surface area contributed by atoms with E-state index in [4.69, 9.17) is 0 Å². The van der Waals surface area contributed by atoms with Crippen LogP contribution in [0.5, 0.6) is 0 Å². The van der Waals surface area contributed by atoms with E-state index in [1.54, 1.807) is 12.1 Å². The first-order valence-electron chi connectivity index (χ1n) is 6.06. The van der Waals surface area contributed by atoms with Crippen LogP contribution >= 0.6 is 0 Å². The average molecular weight is 253 g/mol. The lowest BCUT2D eigenvalue weighted by Crippen LogP contribution is -2.25. The van der Waals surface area contributed by atoms with Crippen LogP contribution in [0, 0.1) is 5.92 Å². The lowest BCUT2D eigenvalue weighted by atomic mass is 9.86. The molecule has 4 heteroatoms. The highest BCUT2D eigenvalue weighted by atomic mass is 32.2. The van der Waals surface area contributed by atoms with Crippen LogP contribution in [0.2, 0.25) is 0 Å². The highest BCUT2D eigenvalue weighted by Crippen LogP contribution is 2.40. The van der Waals surface area contributed by atoms with Crippen LogP contribution < -0.4 is 5.32 Å². The third kappa shape index (κ3) is 2.24. The van der Waals surface area contributed by atoms with Gasteiger partial charge in [0.15, 0.2) is 9.84 Å². The fourth-order valence-electron chi connectivity index (χ4n) is 2.71. The average Bonchev–Trinajstić information content (AvgIpc) is 2.59. The SMILES string of the molecule is CCC(CNC)C1CS(=O)(=O)c2ccccc21. The number of rotatable bonds is 4. The van der Waals surface area contributed by atoms with Gasteiger partial charge in [-0.25, -0.2) is 8.42 Å². The Balaban J connectivity index is 2.40. The van der Waals surface area contributed by atoms with Gasteiger partial charge in [0.25, 0.3) is 0 Å². The van der Waals surface area contributed by atoms with Gasteiger partial charge in [-0.05, 0) is 31.1 Å². The maximum Gasteiger partial charge on any atom is 0.179 e. The summed E-state index contributed by atoms with van der Waals surface area (Å²) < 4.78 is 24.1. The maximum atomic E-state index is 12.1. The minimum Gasteiger partial charge on any atom is -0.319 e. The van der Waals surface area contributed by atoms with Crippen LogP contribution in [-0.4, -0.2) is 27.8 Å². The molecule has 17 heavy (non-hydrogen) atoms. The van der Waals surface area contributed by atoms with Crippen LogP contribution in [-0.2, 0) is 9.84 Å². The molecule has 94 valence electrons. The van der Waals surface area contributed by atoms with E-state index in [0.29, 0.717) is 10.8 Å². The summed E-state index contributed by atoms with van der Waals surface area (Å²) in [7, 11) is -1.14. The zero-order valence-corrected chi connectivity index (χ0v) is 11.1. The lowest BCUT2D eigenvalue weighted by molar-refractivity contribution is 0.419. The minimum atomic E-state index is -3.06. The van der Waals surface area contributed by atoms with Crippen LogP contribution in [0.1, 0.15) is 24.8 Å². The summed E-state index contributed by atoms with van der Waals surface area (Å²) in [6.07, 6.45) is 0.995. The molecule has 2 rings (SSSR count). The molecule has 1 aromatic rings. The highest BCUT2D eigenvalue weighted by molar-refractivity contribution is 7.91. The zero-order valence-electron chi connectivity index (χ0n) is 10.3. The van der Waals surface area contributed by atoms with Gasteiger partial charge < -0.3 is 5.32 Å². The first kappa shape index (κ1) is 12.6. The first-order chi connectivity index (χ1) is 8.10. The second-order valence-electron chi connectivity index (χ2n) is 4.65. The lowest BCUT2D eigenvalue weighted by Gasteiger charge is -2.21. The molecule has 2 unspecified atom stereocenters. The molecule has 0 saturated heterocycles. The largest absolute Gasteiger partial charge is 0.319 e. The van der Waals surface area contributed by atoms with Gasteiger partial charge in [-0.1, -0.05) is 31.5 Å². The molecule has 1 heterocycles. The van der Waals surface area contributed by atoms with E-state index in [1.807, 2.05) is 19.2 Å². The molecule has 0 aromatic heterocycles. The van der Waals surface area contributed by atoms with E-state index >= 15 is 0 Å². The Morgan fingerprint density at radius 1 is 1.41 bits per heavy atom. The summed E-state index contributed by atoms with van der Waals surface area (Å²) >= 11 is 0. The van der Waals surface area contributed by atoms with Crippen molar-refractivity contribution < 1.29 is 8.42 Å². The van der Waals surface area contributed by atoms with Crippen molar-refractivity contribution in [2.75, 3.05) is 19.3 Å². The van der Waals surface area contributed by atoms with Gasteiger partial charge in [0.2, 0.25) is 0 Å². The van der Waals surface area contributed by atoms with Crippen molar-refractivity contribution in [2.24, 2.45) is 5.92 Å². The molecule has 2 atom stereocenters. The van der Waals surface area contributed by atoms with Crippen molar-refractivity contribution in [3.8, 4) is 0 Å². The third-order valence-corrected chi connectivity index (χ3v) is 5.45. The van der Waals surface area contributed by atoms with Gasteiger partial charge in [-0.2, -0.15) is 0 Å². The Hall–Kier alpha value is -0.870. The summed E-state index contributed by atoms with van der Waals surface area (Å²) in [5, 5.41) is 3.16. The maximum absolute atomic E-state index is 12.1. The van der Waals surface area contributed by atoms with E-state index in [-0.39, 0.29) is 11.7 Å². The molecule has 0 radical (unpaired) electrons. The van der Waals surface area contributed by atoms with Gasteiger partial charge in [-0.3, -0.25) is 0 Å². The minimum absolute atomic E-state index is 0.147. The Morgan fingerprint density at radius 3 is 2.76 bits per heavy atom. The number of hydrogen-bond donors (Lipinski definition) is 1. The zero-order chi connectivity index (χ0) is 12.5. The first-order valence-corrected chi connectivity index (χ1v) is 7.71. The van der Waals surface area contributed by atoms with Crippen molar-refractivity contribution in [1.82, 2.24) is 5.32 Å². The van der Waals surface area contributed by atoms with E-state index in [2.05, 4.69) is 12.2 Å². The molecule has 0 saturated carbocycles. The molecule has 0 spiro atoms. The molecule has 0 fully saturated rings. The Kier molecular flexibility index (Phi) is 3.54. The van der Waals surface area contributed by atoms with Crippen molar-refractivity contribution in [2.45, 2.75) is 24.2 Å². The monoisotopic (exact) mass is 253 g/mol. The predicted octanol–water partition coefficient (Wildman–Crippen LogP) is 1.80. The fraction of sp³-hybridized carbons (Fsp3) is 0.538. The van der Waals surface area contributed by atoms with Crippen molar-refractivity contribution in [3.63, 3.8) is 0 Å². The number of hydrogen-bond acceptors (Lipinski definition) is 3.